The smallest absolute Gasteiger partial charge is 0.221 e. The Morgan fingerprint density at radius 2 is 2.24 bits per heavy atom. The summed E-state index contributed by atoms with van der Waals surface area (Å²) in [4.78, 5) is 8.09. The number of anilines is 1. The monoisotopic (exact) mass is 236 g/mol. The molecule has 0 aliphatic heterocycles. The SMILES string of the molecule is Nc1ncc2ccn(C[C@H](CO)CCO)c2n1. The topological polar surface area (TPSA) is 97.2 Å². The zero-order valence-electron chi connectivity index (χ0n) is 9.45. The van der Waals surface area contributed by atoms with Crippen LogP contribution in [-0.2, 0) is 6.54 Å². The molecular weight excluding hydrogens is 220 g/mol. The van der Waals surface area contributed by atoms with Crippen molar-refractivity contribution in [2.45, 2.75) is 13.0 Å². The lowest BCUT2D eigenvalue weighted by atomic mass is 10.1. The number of aliphatic hydroxyl groups is 2. The van der Waals surface area contributed by atoms with Gasteiger partial charge in [0.05, 0.1) is 0 Å². The second kappa shape index (κ2) is 5.11. The zero-order valence-corrected chi connectivity index (χ0v) is 9.45. The van der Waals surface area contributed by atoms with Crippen molar-refractivity contribution in [2.24, 2.45) is 5.92 Å². The Labute approximate surface area is 98.7 Å². The summed E-state index contributed by atoms with van der Waals surface area (Å²) in [7, 11) is 0. The molecule has 0 aromatic carbocycles. The molecule has 2 aromatic heterocycles. The van der Waals surface area contributed by atoms with E-state index < -0.39 is 0 Å². The first-order valence-corrected chi connectivity index (χ1v) is 5.53. The van der Waals surface area contributed by atoms with Gasteiger partial charge in [-0.05, 0) is 12.5 Å². The Balaban J connectivity index is 2.26. The summed E-state index contributed by atoms with van der Waals surface area (Å²) >= 11 is 0. The third kappa shape index (κ3) is 2.54. The van der Waals surface area contributed by atoms with Gasteiger partial charge in [0.2, 0.25) is 5.95 Å². The first kappa shape index (κ1) is 11.8. The van der Waals surface area contributed by atoms with E-state index in [1.54, 1.807) is 6.20 Å². The molecule has 2 heterocycles. The van der Waals surface area contributed by atoms with Crippen LogP contribution in [-0.4, -0.2) is 38.0 Å². The quantitative estimate of drug-likeness (QED) is 0.679. The molecule has 0 amide bonds. The number of aliphatic hydroxyl groups excluding tert-OH is 2. The van der Waals surface area contributed by atoms with Crippen molar-refractivity contribution < 1.29 is 10.2 Å². The number of nitrogen functional groups attached to an aromatic ring is 1. The third-order valence-electron chi connectivity index (χ3n) is 2.77. The molecule has 0 aliphatic rings. The van der Waals surface area contributed by atoms with Gasteiger partial charge in [-0.1, -0.05) is 0 Å². The number of hydrogen-bond acceptors (Lipinski definition) is 5. The molecule has 0 saturated heterocycles. The van der Waals surface area contributed by atoms with Crippen molar-refractivity contribution in [3.63, 3.8) is 0 Å². The maximum absolute atomic E-state index is 9.20. The number of aromatic nitrogens is 3. The molecule has 6 heteroatoms. The molecule has 0 saturated carbocycles. The first-order chi connectivity index (χ1) is 8.24. The maximum Gasteiger partial charge on any atom is 0.221 e. The lowest BCUT2D eigenvalue weighted by Crippen LogP contribution is -2.16. The minimum absolute atomic E-state index is 0.0202. The van der Waals surface area contributed by atoms with Gasteiger partial charge in [0, 0.05) is 43.5 Å². The van der Waals surface area contributed by atoms with E-state index in [9.17, 15) is 5.11 Å². The molecule has 0 aliphatic carbocycles. The van der Waals surface area contributed by atoms with Crippen molar-refractivity contribution in [2.75, 3.05) is 18.9 Å². The van der Waals surface area contributed by atoms with Gasteiger partial charge in [-0.2, -0.15) is 4.98 Å². The minimum Gasteiger partial charge on any atom is -0.396 e. The fourth-order valence-corrected chi connectivity index (χ4v) is 1.83. The summed E-state index contributed by atoms with van der Waals surface area (Å²) in [6.45, 7) is 0.722. The van der Waals surface area contributed by atoms with Gasteiger partial charge in [0.25, 0.3) is 0 Å². The predicted molar refractivity (Wildman–Crippen MR) is 64.2 cm³/mol. The van der Waals surface area contributed by atoms with Gasteiger partial charge in [-0.25, -0.2) is 4.98 Å². The van der Waals surface area contributed by atoms with Crippen LogP contribution in [0.4, 0.5) is 5.95 Å². The first-order valence-electron chi connectivity index (χ1n) is 5.53. The summed E-state index contributed by atoms with van der Waals surface area (Å²) < 4.78 is 1.92. The standard InChI is InChI=1S/C11H16N4O2/c12-11-13-5-9-1-3-15(10(9)14-11)6-8(7-17)2-4-16/h1,3,5,8,16-17H,2,4,6-7H2,(H2,12,13,14)/t8-/m1/s1. The lowest BCUT2D eigenvalue weighted by molar-refractivity contribution is 0.171. The normalized spacial score (nSPS) is 13.1. The molecule has 0 radical (unpaired) electrons. The molecule has 2 aromatic rings. The number of nitrogens with two attached hydrogens (primary N) is 1. The van der Waals surface area contributed by atoms with Gasteiger partial charge in [-0.3, -0.25) is 0 Å². The molecule has 17 heavy (non-hydrogen) atoms. The Kier molecular flexibility index (Phi) is 3.55. The Hall–Kier alpha value is -1.66. The van der Waals surface area contributed by atoms with E-state index in [1.165, 1.54) is 0 Å². The Bertz CT molecular complexity index is 497. The van der Waals surface area contributed by atoms with E-state index in [4.69, 9.17) is 10.8 Å². The average molecular weight is 236 g/mol. The van der Waals surface area contributed by atoms with Crippen molar-refractivity contribution in [1.29, 1.82) is 0 Å². The van der Waals surface area contributed by atoms with Crippen LogP contribution >= 0.6 is 0 Å². The Morgan fingerprint density at radius 3 is 2.94 bits per heavy atom. The van der Waals surface area contributed by atoms with E-state index in [0.717, 1.165) is 11.0 Å². The van der Waals surface area contributed by atoms with Gasteiger partial charge >= 0.3 is 0 Å². The van der Waals surface area contributed by atoms with Crippen molar-refractivity contribution >= 4 is 17.0 Å². The molecular formula is C11H16N4O2. The highest BCUT2D eigenvalue weighted by atomic mass is 16.3. The second-order valence-electron chi connectivity index (χ2n) is 4.04. The highest BCUT2D eigenvalue weighted by Crippen LogP contribution is 2.16. The largest absolute Gasteiger partial charge is 0.396 e. The van der Waals surface area contributed by atoms with E-state index in [1.807, 2.05) is 16.8 Å². The molecule has 2 rings (SSSR count). The zero-order chi connectivity index (χ0) is 12.3. The molecule has 1 atom stereocenters. The third-order valence-corrected chi connectivity index (χ3v) is 2.77. The fraction of sp³-hybridized carbons (Fsp3) is 0.455. The highest BCUT2D eigenvalue weighted by molar-refractivity contribution is 5.75. The number of hydrogen-bond donors (Lipinski definition) is 3. The van der Waals surface area contributed by atoms with Crippen LogP contribution in [0.2, 0.25) is 0 Å². The number of fused-ring (bicyclic) bond motifs is 1. The molecule has 6 nitrogen and oxygen atoms in total. The van der Waals surface area contributed by atoms with Crippen molar-refractivity contribution in [1.82, 2.24) is 14.5 Å². The minimum atomic E-state index is 0.0202. The van der Waals surface area contributed by atoms with Crippen LogP contribution < -0.4 is 5.73 Å². The molecule has 92 valence electrons. The van der Waals surface area contributed by atoms with Crippen LogP contribution in [0.15, 0.2) is 18.5 Å². The molecule has 4 N–H and O–H groups in total. The van der Waals surface area contributed by atoms with Gasteiger partial charge in [0.15, 0.2) is 0 Å². The lowest BCUT2D eigenvalue weighted by Gasteiger charge is -2.14. The van der Waals surface area contributed by atoms with Crippen molar-refractivity contribution in [3.8, 4) is 0 Å². The summed E-state index contributed by atoms with van der Waals surface area (Å²) in [6, 6.07) is 1.90. The summed E-state index contributed by atoms with van der Waals surface area (Å²) in [5.74, 6) is 0.256. The second-order valence-corrected chi connectivity index (χ2v) is 4.04. The maximum atomic E-state index is 9.20. The summed E-state index contributed by atoms with van der Waals surface area (Å²) in [5, 5.41) is 19.0. The van der Waals surface area contributed by atoms with Crippen LogP contribution in [0.5, 0.6) is 0 Å². The van der Waals surface area contributed by atoms with E-state index in [2.05, 4.69) is 9.97 Å². The summed E-state index contributed by atoms with van der Waals surface area (Å²) in [6.07, 6.45) is 4.13. The van der Waals surface area contributed by atoms with Crippen LogP contribution in [0.3, 0.4) is 0 Å². The fourth-order valence-electron chi connectivity index (χ4n) is 1.83. The highest BCUT2D eigenvalue weighted by Gasteiger charge is 2.10. The van der Waals surface area contributed by atoms with Crippen molar-refractivity contribution in [3.05, 3.63) is 18.5 Å². The van der Waals surface area contributed by atoms with E-state index in [0.29, 0.717) is 13.0 Å². The van der Waals surface area contributed by atoms with Gasteiger partial charge < -0.3 is 20.5 Å². The average Bonchev–Trinajstić information content (AvgIpc) is 2.71. The summed E-state index contributed by atoms with van der Waals surface area (Å²) in [5.41, 5.74) is 6.31. The number of rotatable bonds is 5. The van der Waals surface area contributed by atoms with Gasteiger partial charge in [-0.15, -0.1) is 0 Å². The van der Waals surface area contributed by atoms with E-state index >= 15 is 0 Å². The Morgan fingerprint density at radius 1 is 1.41 bits per heavy atom. The number of nitrogens with zero attached hydrogens (tertiary/aromatic N) is 3. The van der Waals surface area contributed by atoms with Crippen LogP contribution in [0.1, 0.15) is 6.42 Å². The van der Waals surface area contributed by atoms with Crippen LogP contribution in [0.25, 0.3) is 11.0 Å². The molecule has 0 unspecified atom stereocenters. The molecule has 0 spiro atoms. The predicted octanol–water partition coefficient (Wildman–Crippen LogP) is 0.00440. The molecule has 0 bridgehead atoms. The van der Waals surface area contributed by atoms with Crippen LogP contribution in [0, 0.1) is 5.92 Å². The van der Waals surface area contributed by atoms with E-state index in [-0.39, 0.29) is 25.1 Å². The molecule has 0 fully saturated rings. The van der Waals surface area contributed by atoms with Gasteiger partial charge in [0.1, 0.15) is 5.65 Å².